The van der Waals surface area contributed by atoms with Crippen LogP contribution in [0.2, 0.25) is 0 Å². The zero-order chi connectivity index (χ0) is 17.9. The predicted octanol–water partition coefficient (Wildman–Crippen LogP) is 4.15. The lowest BCUT2D eigenvalue weighted by atomic mass is 10.1. The van der Waals surface area contributed by atoms with Crippen LogP contribution in [0.15, 0.2) is 65.3 Å². The summed E-state index contributed by atoms with van der Waals surface area (Å²) in [4.78, 5) is 9.36. The van der Waals surface area contributed by atoms with Crippen LogP contribution >= 0.6 is 0 Å². The summed E-state index contributed by atoms with van der Waals surface area (Å²) in [5.74, 6) is 2.11. The first-order chi connectivity index (χ1) is 12.7. The molecule has 3 heterocycles. The molecular weight excluding hydrogens is 326 g/mol. The van der Waals surface area contributed by atoms with E-state index in [4.69, 9.17) is 9.40 Å². The van der Waals surface area contributed by atoms with Crippen molar-refractivity contribution in [3.05, 3.63) is 78.0 Å². The average Bonchev–Trinajstić information content (AvgIpc) is 3.29. The van der Waals surface area contributed by atoms with Crippen LogP contribution in [-0.4, -0.2) is 19.7 Å². The van der Waals surface area contributed by atoms with Gasteiger partial charge in [0.05, 0.1) is 24.2 Å². The van der Waals surface area contributed by atoms with Crippen molar-refractivity contribution in [3.63, 3.8) is 0 Å². The molecule has 0 radical (unpaired) electrons. The summed E-state index contributed by atoms with van der Waals surface area (Å²) in [6.45, 7) is 4.50. The third-order valence-corrected chi connectivity index (χ3v) is 4.01. The lowest BCUT2D eigenvalue weighted by Crippen LogP contribution is -2.09. The summed E-state index contributed by atoms with van der Waals surface area (Å²) >= 11 is 0. The molecule has 130 valence electrons. The van der Waals surface area contributed by atoms with Gasteiger partial charge in [0.1, 0.15) is 11.6 Å². The fraction of sp³-hybridized carbons (Fsp3) is 0.150. The van der Waals surface area contributed by atoms with Gasteiger partial charge in [-0.1, -0.05) is 30.3 Å². The number of aryl methyl sites for hydroxylation is 2. The predicted molar refractivity (Wildman–Crippen MR) is 100 cm³/mol. The van der Waals surface area contributed by atoms with Crippen LogP contribution in [0, 0.1) is 13.8 Å². The highest BCUT2D eigenvalue weighted by Crippen LogP contribution is 2.22. The number of hydrogen-bond acceptors (Lipinski definition) is 5. The lowest BCUT2D eigenvalue weighted by molar-refractivity contribution is 0.517. The number of nitrogens with zero attached hydrogens (tertiary/aromatic N) is 4. The van der Waals surface area contributed by atoms with Gasteiger partial charge in [0.25, 0.3) is 5.95 Å². The molecule has 0 aliphatic rings. The van der Waals surface area contributed by atoms with Gasteiger partial charge in [0.15, 0.2) is 0 Å². The lowest BCUT2D eigenvalue weighted by Gasteiger charge is -2.10. The van der Waals surface area contributed by atoms with Crippen molar-refractivity contribution < 1.29 is 4.42 Å². The Bertz CT molecular complexity index is 1010. The summed E-state index contributed by atoms with van der Waals surface area (Å²) in [5.41, 5.74) is 3.79. The summed E-state index contributed by atoms with van der Waals surface area (Å²) in [6, 6.07) is 17.8. The van der Waals surface area contributed by atoms with Crippen molar-refractivity contribution in [1.82, 2.24) is 19.7 Å². The number of rotatable bonds is 5. The highest BCUT2D eigenvalue weighted by atomic mass is 16.3. The number of furan rings is 1. The van der Waals surface area contributed by atoms with E-state index in [-0.39, 0.29) is 0 Å². The second kappa shape index (κ2) is 6.84. The van der Waals surface area contributed by atoms with Crippen LogP contribution in [0.25, 0.3) is 17.2 Å². The SMILES string of the molecule is Cc1cc(C)n(-c2nc(NCc3ccco3)cc(-c3ccccc3)n2)n1. The molecule has 4 aromatic rings. The van der Waals surface area contributed by atoms with Crippen molar-refractivity contribution in [3.8, 4) is 17.2 Å². The van der Waals surface area contributed by atoms with Crippen molar-refractivity contribution in [2.45, 2.75) is 20.4 Å². The Kier molecular flexibility index (Phi) is 4.23. The summed E-state index contributed by atoms with van der Waals surface area (Å²) in [6.07, 6.45) is 1.66. The molecule has 0 spiro atoms. The van der Waals surface area contributed by atoms with Crippen LogP contribution < -0.4 is 5.32 Å². The molecule has 0 saturated carbocycles. The maximum atomic E-state index is 5.38. The molecule has 0 saturated heterocycles. The highest BCUT2D eigenvalue weighted by Gasteiger charge is 2.12. The molecule has 0 atom stereocenters. The molecule has 1 aromatic carbocycles. The minimum Gasteiger partial charge on any atom is -0.467 e. The monoisotopic (exact) mass is 345 g/mol. The van der Waals surface area contributed by atoms with Gasteiger partial charge in [0.2, 0.25) is 0 Å². The summed E-state index contributed by atoms with van der Waals surface area (Å²) in [5, 5.41) is 7.82. The quantitative estimate of drug-likeness (QED) is 0.588. The molecule has 26 heavy (non-hydrogen) atoms. The molecule has 6 heteroatoms. The Morgan fingerprint density at radius 3 is 2.54 bits per heavy atom. The van der Waals surface area contributed by atoms with Crippen LogP contribution in [0.4, 0.5) is 5.82 Å². The van der Waals surface area contributed by atoms with Crippen LogP contribution in [0.5, 0.6) is 0 Å². The number of aromatic nitrogens is 4. The van der Waals surface area contributed by atoms with Gasteiger partial charge in [-0.3, -0.25) is 0 Å². The van der Waals surface area contributed by atoms with E-state index in [2.05, 4.69) is 15.4 Å². The second-order valence-electron chi connectivity index (χ2n) is 6.08. The molecular formula is C20H19N5O. The van der Waals surface area contributed by atoms with Gasteiger partial charge in [-0.25, -0.2) is 9.67 Å². The summed E-state index contributed by atoms with van der Waals surface area (Å²) < 4.78 is 7.15. The minimum absolute atomic E-state index is 0.541. The van der Waals surface area contributed by atoms with Gasteiger partial charge in [-0.05, 0) is 32.0 Å². The molecule has 4 rings (SSSR count). The zero-order valence-corrected chi connectivity index (χ0v) is 14.7. The number of nitrogens with one attached hydrogen (secondary N) is 1. The molecule has 0 bridgehead atoms. The van der Waals surface area contributed by atoms with Crippen LogP contribution in [-0.2, 0) is 6.54 Å². The highest BCUT2D eigenvalue weighted by molar-refractivity contribution is 5.63. The normalized spacial score (nSPS) is 10.8. The third-order valence-electron chi connectivity index (χ3n) is 4.01. The van der Waals surface area contributed by atoms with E-state index in [0.717, 1.165) is 34.2 Å². The molecule has 0 amide bonds. The summed E-state index contributed by atoms with van der Waals surface area (Å²) in [7, 11) is 0. The number of benzene rings is 1. The van der Waals surface area contributed by atoms with Crippen LogP contribution in [0.1, 0.15) is 17.1 Å². The fourth-order valence-electron chi connectivity index (χ4n) is 2.80. The maximum absolute atomic E-state index is 5.38. The fourth-order valence-corrected chi connectivity index (χ4v) is 2.80. The Hall–Kier alpha value is -3.41. The smallest absolute Gasteiger partial charge is 0.253 e. The molecule has 0 unspecified atom stereocenters. The standard InChI is InChI=1S/C20H19N5O/c1-14-11-15(2)25(24-14)20-22-18(16-7-4-3-5-8-16)12-19(23-20)21-13-17-9-6-10-26-17/h3-12H,13H2,1-2H3,(H,21,22,23). The largest absolute Gasteiger partial charge is 0.467 e. The first-order valence-electron chi connectivity index (χ1n) is 8.43. The Balaban J connectivity index is 1.75. The topological polar surface area (TPSA) is 68.8 Å². The molecule has 3 aromatic heterocycles. The molecule has 0 aliphatic carbocycles. The Morgan fingerprint density at radius 2 is 1.85 bits per heavy atom. The Morgan fingerprint density at radius 1 is 1.00 bits per heavy atom. The number of hydrogen-bond donors (Lipinski definition) is 1. The van der Waals surface area contributed by atoms with E-state index in [9.17, 15) is 0 Å². The van der Waals surface area contributed by atoms with E-state index in [1.165, 1.54) is 0 Å². The second-order valence-corrected chi connectivity index (χ2v) is 6.08. The first kappa shape index (κ1) is 16.1. The minimum atomic E-state index is 0.541. The van der Waals surface area contributed by atoms with E-state index in [1.807, 2.05) is 68.4 Å². The molecule has 0 aliphatic heterocycles. The van der Waals surface area contributed by atoms with Crippen molar-refractivity contribution in [1.29, 1.82) is 0 Å². The van der Waals surface area contributed by atoms with Gasteiger partial charge < -0.3 is 9.73 Å². The number of anilines is 1. The molecule has 6 nitrogen and oxygen atoms in total. The zero-order valence-electron chi connectivity index (χ0n) is 14.7. The van der Waals surface area contributed by atoms with E-state index in [0.29, 0.717) is 12.5 Å². The van der Waals surface area contributed by atoms with Gasteiger partial charge >= 0.3 is 0 Å². The third kappa shape index (κ3) is 3.35. The first-order valence-corrected chi connectivity index (χ1v) is 8.43. The van der Waals surface area contributed by atoms with Gasteiger partial charge in [0, 0.05) is 17.3 Å². The Labute approximate surface area is 151 Å². The van der Waals surface area contributed by atoms with Gasteiger partial charge in [-0.2, -0.15) is 10.1 Å². The van der Waals surface area contributed by atoms with Crippen LogP contribution in [0.3, 0.4) is 0 Å². The van der Waals surface area contributed by atoms with Gasteiger partial charge in [-0.15, -0.1) is 0 Å². The van der Waals surface area contributed by atoms with E-state index >= 15 is 0 Å². The maximum Gasteiger partial charge on any atom is 0.253 e. The molecule has 0 fully saturated rings. The van der Waals surface area contributed by atoms with Crippen molar-refractivity contribution in [2.75, 3.05) is 5.32 Å². The average molecular weight is 345 g/mol. The molecule has 1 N–H and O–H groups in total. The van der Waals surface area contributed by atoms with Crippen molar-refractivity contribution in [2.24, 2.45) is 0 Å². The van der Waals surface area contributed by atoms with E-state index in [1.54, 1.807) is 10.9 Å². The van der Waals surface area contributed by atoms with E-state index < -0.39 is 0 Å². The van der Waals surface area contributed by atoms with Crippen molar-refractivity contribution >= 4 is 5.82 Å².